The fourth-order valence-electron chi connectivity index (χ4n) is 2.25. The Morgan fingerprint density at radius 3 is 2.81 bits per heavy atom. The first kappa shape index (κ1) is 13.5. The second kappa shape index (κ2) is 5.50. The van der Waals surface area contributed by atoms with Crippen molar-refractivity contribution in [2.45, 2.75) is 13.0 Å². The highest BCUT2D eigenvalue weighted by molar-refractivity contribution is 5.79. The van der Waals surface area contributed by atoms with Gasteiger partial charge in [0, 0.05) is 17.6 Å². The SMILES string of the molecule is C[C@H](O)c1c(F)cccc1Oc1ccc2cccnc2c1. The molecule has 0 spiro atoms. The predicted octanol–water partition coefficient (Wildman–Crippen LogP) is 4.22. The van der Waals surface area contributed by atoms with Crippen LogP contribution in [-0.4, -0.2) is 10.1 Å². The Balaban J connectivity index is 2.00. The third kappa shape index (κ3) is 2.71. The fraction of sp³-hybridized carbons (Fsp3) is 0.118. The zero-order valence-corrected chi connectivity index (χ0v) is 11.5. The molecule has 0 saturated carbocycles. The number of halogens is 1. The maximum absolute atomic E-state index is 13.8. The van der Waals surface area contributed by atoms with E-state index in [1.54, 1.807) is 30.5 Å². The lowest BCUT2D eigenvalue weighted by Crippen LogP contribution is -1.99. The topological polar surface area (TPSA) is 42.4 Å². The van der Waals surface area contributed by atoms with Crippen molar-refractivity contribution in [3.63, 3.8) is 0 Å². The highest BCUT2D eigenvalue weighted by atomic mass is 19.1. The molecule has 0 saturated heterocycles. The first-order chi connectivity index (χ1) is 10.1. The van der Waals surface area contributed by atoms with Crippen molar-refractivity contribution < 1.29 is 14.2 Å². The van der Waals surface area contributed by atoms with Crippen LogP contribution in [0.3, 0.4) is 0 Å². The van der Waals surface area contributed by atoms with Gasteiger partial charge >= 0.3 is 0 Å². The smallest absolute Gasteiger partial charge is 0.136 e. The Bertz CT molecular complexity index is 787. The number of nitrogens with zero attached hydrogens (tertiary/aromatic N) is 1. The number of hydrogen-bond donors (Lipinski definition) is 1. The second-order valence-electron chi connectivity index (χ2n) is 4.79. The minimum Gasteiger partial charge on any atom is -0.457 e. The first-order valence-electron chi connectivity index (χ1n) is 6.64. The number of rotatable bonds is 3. The van der Waals surface area contributed by atoms with Crippen LogP contribution >= 0.6 is 0 Å². The summed E-state index contributed by atoms with van der Waals surface area (Å²) in [6, 6.07) is 13.8. The van der Waals surface area contributed by atoms with Crippen LogP contribution in [0.4, 0.5) is 4.39 Å². The Hall–Kier alpha value is -2.46. The molecular weight excluding hydrogens is 269 g/mol. The molecule has 1 aromatic heterocycles. The summed E-state index contributed by atoms with van der Waals surface area (Å²) in [6.07, 6.45) is 0.759. The summed E-state index contributed by atoms with van der Waals surface area (Å²) in [7, 11) is 0. The Morgan fingerprint density at radius 2 is 2.00 bits per heavy atom. The molecule has 3 rings (SSSR count). The van der Waals surface area contributed by atoms with Crippen molar-refractivity contribution in [1.82, 2.24) is 4.98 Å². The molecular formula is C17H14FNO2. The maximum Gasteiger partial charge on any atom is 0.136 e. The van der Waals surface area contributed by atoms with E-state index in [-0.39, 0.29) is 5.56 Å². The molecule has 0 aliphatic carbocycles. The summed E-state index contributed by atoms with van der Waals surface area (Å²) in [5.41, 5.74) is 0.948. The zero-order valence-electron chi connectivity index (χ0n) is 11.5. The van der Waals surface area contributed by atoms with Gasteiger partial charge in [-0.25, -0.2) is 4.39 Å². The molecule has 0 radical (unpaired) electrons. The lowest BCUT2D eigenvalue weighted by atomic mass is 10.1. The van der Waals surface area contributed by atoms with E-state index in [9.17, 15) is 9.50 Å². The number of hydrogen-bond acceptors (Lipinski definition) is 3. The summed E-state index contributed by atoms with van der Waals surface area (Å²) in [5, 5.41) is 10.7. The fourth-order valence-corrected chi connectivity index (χ4v) is 2.25. The average Bonchev–Trinajstić information content (AvgIpc) is 2.47. The number of fused-ring (bicyclic) bond motifs is 1. The van der Waals surface area contributed by atoms with E-state index in [2.05, 4.69) is 4.98 Å². The van der Waals surface area contributed by atoms with E-state index < -0.39 is 11.9 Å². The minimum absolute atomic E-state index is 0.151. The zero-order chi connectivity index (χ0) is 14.8. The molecule has 0 fully saturated rings. The molecule has 3 aromatic rings. The Labute approximate surface area is 121 Å². The van der Waals surface area contributed by atoms with Crippen molar-refractivity contribution in [3.8, 4) is 11.5 Å². The average molecular weight is 283 g/mol. The van der Waals surface area contributed by atoms with Gasteiger partial charge in [-0.1, -0.05) is 12.1 Å². The van der Waals surface area contributed by atoms with Crippen molar-refractivity contribution in [3.05, 3.63) is 66.1 Å². The van der Waals surface area contributed by atoms with Gasteiger partial charge in [-0.15, -0.1) is 0 Å². The van der Waals surface area contributed by atoms with E-state index in [1.807, 2.05) is 18.2 Å². The molecule has 2 aromatic carbocycles. The van der Waals surface area contributed by atoms with E-state index in [0.29, 0.717) is 11.5 Å². The number of aliphatic hydroxyl groups excluding tert-OH is 1. The number of pyridine rings is 1. The predicted molar refractivity (Wildman–Crippen MR) is 78.9 cm³/mol. The van der Waals surface area contributed by atoms with Crippen molar-refractivity contribution in [1.29, 1.82) is 0 Å². The molecule has 3 nitrogen and oxygen atoms in total. The molecule has 21 heavy (non-hydrogen) atoms. The number of benzene rings is 2. The lowest BCUT2D eigenvalue weighted by molar-refractivity contribution is 0.190. The van der Waals surface area contributed by atoms with Gasteiger partial charge in [-0.05, 0) is 37.3 Å². The molecule has 1 N–H and O–H groups in total. The van der Waals surface area contributed by atoms with Crippen LogP contribution in [0.1, 0.15) is 18.6 Å². The van der Waals surface area contributed by atoms with Gasteiger partial charge in [0.2, 0.25) is 0 Å². The second-order valence-corrected chi connectivity index (χ2v) is 4.79. The third-order valence-electron chi connectivity index (χ3n) is 3.24. The highest BCUT2D eigenvalue weighted by Gasteiger charge is 2.15. The summed E-state index contributed by atoms with van der Waals surface area (Å²) in [4.78, 5) is 4.26. The quantitative estimate of drug-likeness (QED) is 0.782. The largest absolute Gasteiger partial charge is 0.457 e. The summed E-state index contributed by atoms with van der Waals surface area (Å²) < 4.78 is 19.5. The third-order valence-corrected chi connectivity index (χ3v) is 3.24. The van der Waals surface area contributed by atoms with Crippen LogP contribution in [0.2, 0.25) is 0 Å². The van der Waals surface area contributed by atoms with Gasteiger partial charge in [0.05, 0.1) is 17.2 Å². The molecule has 4 heteroatoms. The molecule has 0 amide bonds. The van der Waals surface area contributed by atoms with E-state index in [1.165, 1.54) is 13.0 Å². The molecule has 1 atom stereocenters. The van der Waals surface area contributed by atoms with Crippen molar-refractivity contribution >= 4 is 10.9 Å². The molecule has 0 unspecified atom stereocenters. The summed E-state index contributed by atoms with van der Waals surface area (Å²) in [5.74, 6) is 0.371. The van der Waals surface area contributed by atoms with Gasteiger partial charge in [0.15, 0.2) is 0 Å². The molecule has 0 bridgehead atoms. The number of ether oxygens (including phenoxy) is 1. The Kier molecular flexibility index (Phi) is 3.54. The Morgan fingerprint density at radius 1 is 1.14 bits per heavy atom. The number of aromatic nitrogens is 1. The standard InChI is InChI=1S/C17H14FNO2/c1-11(20)17-14(18)5-2-6-16(17)21-13-8-7-12-4-3-9-19-15(12)10-13/h2-11,20H,1H3/t11-/m0/s1. The van der Waals surface area contributed by atoms with Gasteiger partial charge < -0.3 is 9.84 Å². The summed E-state index contributed by atoms with van der Waals surface area (Å²) in [6.45, 7) is 1.51. The first-order valence-corrected chi connectivity index (χ1v) is 6.64. The molecule has 0 aliphatic rings. The monoisotopic (exact) mass is 283 g/mol. The van der Waals surface area contributed by atoms with Crippen LogP contribution in [-0.2, 0) is 0 Å². The van der Waals surface area contributed by atoms with Crippen molar-refractivity contribution in [2.75, 3.05) is 0 Å². The van der Waals surface area contributed by atoms with E-state index in [4.69, 9.17) is 4.74 Å². The van der Waals surface area contributed by atoms with Crippen molar-refractivity contribution in [2.24, 2.45) is 0 Å². The minimum atomic E-state index is -0.945. The maximum atomic E-state index is 13.8. The summed E-state index contributed by atoms with van der Waals surface area (Å²) >= 11 is 0. The molecule has 1 heterocycles. The van der Waals surface area contributed by atoms with Crippen LogP contribution in [0, 0.1) is 5.82 Å². The molecule has 106 valence electrons. The number of aliphatic hydroxyl groups is 1. The van der Waals surface area contributed by atoms with E-state index >= 15 is 0 Å². The normalized spacial score (nSPS) is 12.3. The van der Waals surface area contributed by atoms with E-state index in [0.717, 1.165) is 10.9 Å². The van der Waals surface area contributed by atoms with Gasteiger partial charge in [-0.2, -0.15) is 0 Å². The van der Waals surface area contributed by atoms with Crippen LogP contribution in [0.15, 0.2) is 54.7 Å². The molecule has 0 aliphatic heterocycles. The highest BCUT2D eigenvalue weighted by Crippen LogP contribution is 2.32. The van der Waals surface area contributed by atoms with Gasteiger partial charge in [0.25, 0.3) is 0 Å². The van der Waals surface area contributed by atoms with Crippen LogP contribution < -0.4 is 4.74 Å². The van der Waals surface area contributed by atoms with Crippen LogP contribution in [0.5, 0.6) is 11.5 Å². The lowest BCUT2D eigenvalue weighted by Gasteiger charge is -2.14. The van der Waals surface area contributed by atoms with Gasteiger partial charge in [0.1, 0.15) is 17.3 Å². The van der Waals surface area contributed by atoms with Crippen LogP contribution in [0.25, 0.3) is 10.9 Å². The van der Waals surface area contributed by atoms with Gasteiger partial charge in [-0.3, -0.25) is 4.98 Å².